The number of benzene rings is 1. The summed E-state index contributed by atoms with van der Waals surface area (Å²) in [4.78, 5) is 23.9. The summed E-state index contributed by atoms with van der Waals surface area (Å²) in [5.41, 5.74) is 1.24. The van der Waals surface area contributed by atoms with Crippen LogP contribution >= 0.6 is 0 Å². The van der Waals surface area contributed by atoms with Crippen LogP contribution in [0.4, 0.5) is 5.69 Å². The fourth-order valence-corrected chi connectivity index (χ4v) is 2.45. The summed E-state index contributed by atoms with van der Waals surface area (Å²) in [6.45, 7) is 3.65. The number of hydrogen-bond donors (Lipinski definition) is 3. The molecule has 1 unspecified atom stereocenters. The fraction of sp³-hybridized carbons (Fsp3) is 0.500. The molecule has 114 valence electrons. The molecular formula is C16H23N3O2. The lowest BCUT2D eigenvalue weighted by molar-refractivity contribution is -0.116. The standard InChI is InChI=1S/C16H23N3O2/c1-2-8-18-16(21)12-5-3-6-14(10-12)19-15(20)11-13-7-4-9-17-13/h3,5-6,10,13,17H,2,4,7-9,11H2,1H3,(H,18,21)(H,19,20). The third-order valence-corrected chi connectivity index (χ3v) is 3.54. The monoisotopic (exact) mass is 289 g/mol. The van der Waals surface area contributed by atoms with E-state index in [1.807, 2.05) is 6.92 Å². The zero-order valence-electron chi connectivity index (χ0n) is 12.4. The number of anilines is 1. The Morgan fingerprint density at radius 1 is 1.38 bits per heavy atom. The lowest BCUT2D eigenvalue weighted by Crippen LogP contribution is -2.27. The van der Waals surface area contributed by atoms with E-state index in [9.17, 15) is 9.59 Å². The van der Waals surface area contributed by atoms with Gasteiger partial charge in [0.15, 0.2) is 0 Å². The summed E-state index contributed by atoms with van der Waals surface area (Å²) in [5.74, 6) is -0.120. The topological polar surface area (TPSA) is 70.2 Å². The Kier molecular flexibility index (Phi) is 5.75. The molecule has 0 bridgehead atoms. The molecule has 1 aliphatic rings. The summed E-state index contributed by atoms with van der Waals surface area (Å²) in [6, 6.07) is 7.33. The second-order valence-corrected chi connectivity index (χ2v) is 5.38. The van der Waals surface area contributed by atoms with Gasteiger partial charge < -0.3 is 16.0 Å². The smallest absolute Gasteiger partial charge is 0.251 e. The van der Waals surface area contributed by atoms with Crippen LogP contribution < -0.4 is 16.0 Å². The maximum atomic E-state index is 12.0. The van der Waals surface area contributed by atoms with Gasteiger partial charge >= 0.3 is 0 Å². The molecule has 1 aromatic rings. The number of hydrogen-bond acceptors (Lipinski definition) is 3. The van der Waals surface area contributed by atoms with E-state index in [4.69, 9.17) is 0 Å². The van der Waals surface area contributed by atoms with E-state index in [1.54, 1.807) is 24.3 Å². The Hall–Kier alpha value is -1.88. The van der Waals surface area contributed by atoms with E-state index in [2.05, 4.69) is 16.0 Å². The molecule has 1 aliphatic heterocycles. The summed E-state index contributed by atoms with van der Waals surface area (Å²) in [6.07, 6.45) is 3.56. The van der Waals surface area contributed by atoms with Gasteiger partial charge in [0, 0.05) is 30.3 Å². The molecule has 3 N–H and O–H groups in total. The minimum Gasteiger partial charge on any atom is -0.352 e. The molecule has 0 radical (unpaired) electrons. The van der Waals surface area contributed by atoms with Crippen LogP contribution in [-0.4, -0.2) is 30.9 Å². The molecular weight excluding hydrogens is 266 g/mol. The minimum absolute atomic E-state index is 0.0134. The Bertz CT molecular complexity index is 496. The molecule has 5 nitrogen and oxygen atoms in total. The molecule has 1 aromatic carbocycles. The molecule has 1 fully saturated rings. The van der Waals surface area contributed by atoms with Crippen molar-refractivity contribution in [2.45, 2.75) is 38.6 Å². The Morgan fingerprint density at radius 3 is 2.95 bits per heavy atom. The van der Waals surface area contributed by atoms with Gasteiger partial charge in [-0.3, -0.25) is 9.59 Å². The van der Waals surface area contributed by atoms with E-state index in [0.29, 0.717) is 24.2 Å². The minimum atomic E-state index is -0.106. The molecule has 1 heterocycles. The zero-order chi connectivity index (χ0) is 15.1. The molecule has 1 saturated heterocycles. The Morgan fingerprint density at radius 2 is 2.24 bits per heavy atom. The van der Waals surface area contributed by atoms with Gasteiger partial charge in [-0.25, -0.2) is 0 Å². The van der Waals surface area contributed by atoms with Gasteiger partial charge in [-0.2, -0.15) is 0 Å². The number of carbonyl (C=O) groups excluding carboxylic acids is 2. The predicted octanol–water partition coefficient (Wildman–Crippen LogP) is 1.91. The predicted molar refractivity (Wildman–Crippen MR) is 83.3 cm³/mol. The summed E-state index contributed by atoms with van der Waals surface area (Å²) in [7, 11) is 0. The van der Waals surface area contributed by atoms with Crippen LogP contribution in [0.3, 0.4) is 0 Å². The van der Waals surface area contributed by atoms with Crippen LogP contribution in [0.25, 0.3) is 0 Å². The van der Waals surface area contributed by atoms with Gasteiger partial charge in [0.25, 0.3) is 5.91 Å². The molecule has 2 rings (SSSR count). The zero-order valence-corrected chi connectivity index (χ0v) is 12.4. The van der Waals surface area contributed by atoms with Gasteiger partial charge in [-0.1, -0.05) is 13.0 Å². The van der Waals surface area contributed by atoms with Crippen molar-refractivity contribution in [2.75, 3.05) is 18.4 Å². The molecule has 2 amide bonds. The van der Waals surface area contributed by atoms with Crippen molar-refractivity contribution in [3.8, 4) is 0 Å². The van der Waals surface area contributed by atoms with Gasteiger partial charge in [0.2, 0.25) is 5.91 Å². The first-order chi connectivity index (χ1) is 10.2. The normalized spacial score (nSPS) is 17.5. The van der Waals surface area contributed by atoms with Crippen molar-refractivity contribution in [3.63, 3.8) is 0 Å². The van der Waals surface area contributed by atoms with Crippen molar-refractivity contribution < 1.29 is 9.59 Å². The number of carbonyl (C=O) groups is 2. The summed E-state index contributed by atoms with van der Waals surface area (Å²) in [5, 5.41) is 8.99. The molecule has 5 heteroatoms. The third kappa shape index (κ3) is 4.86. The number of rotatable bonds is 6. The van der Waals surface area contributed by atoms with Crippen LogP contribution in [-0.2, 0) is 4.79 Å². The van der Waals surface area contributed by atoms with Crippen molar-refractivity contribution in [1.82, 2.24) is 10.6 Å². The Labute approximate surface area is 125 Å². The van der Waals surface area contributed by atoms with Crippen LogP contribution in [0.1, 0.15) is 43.0 Å². The lowest BCUT2D eigenvalue weighted by Gasteiger charge is -2.11. The van der Waals surface area contributed by atoms with Gasteiger partial charge in [-0.05, 0) is 44.0 Å². The number of nitrogens with one attached hydrogen (secondary N) is 3. The van der Waals surface area contributed by atoms with E-state index >= 15 is 0 Å². The average Bonchev–Trinajstić information content (AvgIpc) is 2.97. The van der Waals surface area contributed by atoms with E-state index in [0.717, 1.165) is 25.8 Å². The van der Waals surface area contributed by atoms with E-state index < -0.39 is 0 Å². The first-order valence-electron chi connectivity index (χ1n) is 7.60. The lowest BCUT2D eigenvalue weighted by atomic mass is 10.1. The van der Waals surface area contributed by atoms with Crippen LogP contribution in [0, 0.1) is 0 Å². The second kappa shape index (κ2) is 7.78. The summed E-state index contributed by atoms with van der Waals surface area (Å²) < 4.78 is 0. The van der Waals surface area contributed by atoms with Gasteiger partial charge in [0.1, 0.15) is 0 Å². The molecule has 21 heavy (non-hydrogen) atoms. The largest absolute Gasteiger partial charge is 0.352 e. The van der Waals surface area contributed by atoms with Crippen molar-refractivity contribution >= 4 is 17.5 Å². The first kappa shape index (κ1) is 15.5. The summed E-state index contributed by atoms with van der Waals surface area (Å²) >= 11 is 0. The Balaban J connectivity index is 1.90. The van der Waals surface area contributed by atoms with Crippen LogP contribution in [0.2, 0.25) is 0 Å². The molecule has 0 aliphatic carbocycles. The molecule has 1 atom stereocenters. The maximum absolute atomic E-state index is 12.0. The highest BCUT2D eigenvalue weighted by molar-refractivity contribution is 5.97. The van der Waals surface area contributed by atoms with Crippen molar-refractivity contribution in [3.05, 3.63) is 29.8 Å². The van der Waals surface area contributed by atoms with E-state index in [1.165, 1.54) is 0 Å². The molecule has 0 saturated carbocycles. The quantitative estimate of drug-likeness (QED) is 0.749. The van der Waals surface area contributed by atoms with Crippen molar-refractivity contribution in [2.24, 2.45) is 0 Å². The van der Waals surface area contributed by atoms with Crippen LogP contribution in [0.5, 0.6) is 0 Å². The molecule has 0 spiro atoms. The van der Waals surface area contributed by atoms with Gasteiger partial charge in [-0.15, -0.1) is 0 Å². The third-order valence-electron chi connectivity index (χ3n) is 3.54. The van der Waals surface area contributed by atoms with E-state index in [-0.39, 0.29) is 17.9 Å². The number of amides is 2. The fourth-order valence-electron chi connectivity index (χ4n) is 2.45. The van der Waals surface area contributed by atoms with Crippen molar-refractivity contribution in [1.29, 1.82) is 0 Å². The van der Waals surface area contributed by atoms with Crippen LogP contribution in [0.15, 0.2) is 24.3 Å². The second-order valence-electron chi connectivity index (χ2n) is 5.38. The highest BCUT2D eigenvalue weighted by Crippen LogP contribution is 2.13. The molecule has 0 aromatic heterocycles. The SMILES string of the molecule is CCCNC(=O)c1cccc(NC(=O)CC2CCCN2)c1. The highest BCUT2D eigenvalue weighted by Gasteiger charge is 2.17. The first-order valence-corrected chi connectivity index (χ1v) is 7.60. The highest BCUT2D eigenvalue weighted by atomic mass is 16.2. The average molecular weight is 289 g/mol. The maximum Gasteiger partial charge on any atom is 0.251 e. The van der Waals surface area contributed by atoms with Gasteiger partial charge in [0.05, 0.1) is 0 Å².